The highest BCUT2D eigenvalue weighted by Crippen LogP contribution is 2.26. The summed E-state index contributed by atoms with van der Waals surface area (Å²) in [5.41, 5.74) is 0.948. The van der Waals surface area contributed by atoms with Crippen LogP contribution in [0.25, 0.3) is 0 Å². The van der Waals surface area contributed by atoms with Crippen LogP contribution in [-0.2, 0) is 0 Å². The van der Waals surface area contributed by atoms with Crippen LogP contribution < -0.4 is 10.2 Å². The first-order valence-electron chi connectivity index (χ1n) is 8.79. The van der Waals surface area contributed by atoms with Gasteiger partial charge in [-0.2, -0.15) is 0 Å². The third-order valence-electron chi connectivity index (χ3n) is 4.18. The van der Waals surface area contributed by atoms with Crippen molar-refractivity contribution in [1.82, 2.24) is 10.2 Å². The Morgan fingerprint density at radius 2 is 1.60 bits per heavy atom. The molecule has 2 aliphatic rings. The SMILES string of the molecule is CF.FC(F)CN1CCCCC1.Oc1ccccc1N1CCNCC1. The van der Waals surface area contributed by atoms with Gasteiger partial charge in [0.05, 0.1) is 19.4 Å². The van der Waals surface area contributed by atoms with Crippen LogP contribution in [0.1, 0.15) is 19.3 Å². The molecule has 3 rings (SSSR count). The summed E-state index contributed by atoms with van der Waals surface area (Å²) >= 11 is 0. The first-order valence-corrected chi connectivity index (χ1v) is 8.79. The van der Waals surface area contributed by atoms with Gasteiger partial charge < -0.3 is 15.3 Å². The molecule has 0 radical (unpaired) electrons. The maximum Gasteiger partial charge on any atom is 0.251 e. The summed E-state index contributed by atoms with van der Waals surface area (Å²) in [4.78, 5) is 4.04. The number of likely N-dealkylation sites (tertiary alicyclic amines) is 1. The molecule has 2 fully saturated rings. The fourth-order valence-corrected chi connectivity index (χ4v) is 2.97. The summed E-state index contributed by atoms with van der Waals surface area (Å²) in [6, 6.07) is 7.50. The highest BCUT2D eigenvalue weighted by atomic mass is 19.3. The van der Waals surface area contributed by atoms with Crippen molar-refractivity contribution >= 4 is 5.69 Å². The van der Waals surface area contributed by atoms with E-state index in [9.17, 15) is 18.3 Å². The summed E-state index contributed by atoms with van der Waals surface area (Å²) in [5, 5.41) is 12.9. The summed E-state index contributed by atoms with van der Waals surface area (Å²) in [6.07, 6.45) is 1.23. The van der Waals surface area contributed by atoms with E-state index in [2.05, 4.69) is 10.2 Å². The van der Waals surface area contributed by atoms with Gasteiger partial charge >= 0.3 is 0 Å². The van der Waals surface area contributed by atoms with E-state index in [1.807, 2.05) is 23.1 Å². The molecule has 144 valence electrons. The Labute approximate surface area is 148 Å². The van der Waals surface area contributed by atoms with Crippen LogP contribution in [0.15, 0.2) is 24.3 Å². The van der Waals surface area contributed by atoms with Crippen LogP contribution in [0.5, 0.6) is 5.75 Å². The minimum atomic E-state index is -2.15. The average molecular weight is 361 g/mol. The number of aromatic hydroxyl groups is 1. The van der Waals surface area contributed by atoms with Crippen LogP contribution in [0, 0.1) is 0 Å². The third-order valence-corrected chi connectivity index (χ3v) is 4.18. The lowest BCUT2D eigenvalue weighted by Crippen LogP contribution is -2.43. The molecule has 7 heteroatoms. The molecule has 2 heterocycles. The zero-order valence-corrected chi connectivity index (χ0v) is 14.9. The molecule has 0 spiro atoms. The number of nitrogens with zero attached hydrogens (tertiary/aromatic N) is 2. The van der Waals surface area contributed by atoms with Crippen molar-refractivity contribution in [3.05, 3.63) is 24.3 Å². The molecular formula is C18H30F3N3O. The molecule has 0 amide bonds. The summed E-state index contributed by atoms with van der Waals surface area (Å²) in [6.45, 7) is 5.63. The van der Waals surface area contributed by atoms with Crippen molar-refractivity contribution in [2.45, 2.75) is 25.7 Å². The van der Waals surface area contributed by atoms with E-state index in [4.69, 9.17) is 0 Å². The number of phenolic OH excluding ortho intramolecular Hbond substituents is 1. The fraction of sp³-hybridized carbons (Fsp3) is 0.667. The second kappa shape index (κ2) is 12.8. The topological polar surface area (TPSA) is 38.7 Å². The van der Waals surface area contributed by atoms with Gasteiger partial charge in [0, 0.05) is 26.2 Å². The molecule has 0 bridgehead atoms. The fourth-order valence-electron chi connectivity index (χ4n) is 2.97. The number of piperazine rings is 1. The van der Waals surface area contributed by atoms with Gasteiger partial charge in [-0.15, -0.1) is 0 Å². The molecule has 4 nitrogen and oxygen atoms in total. The second-order valence-electron chi connectivity index (χ2n) is 5.98. The second-order valence-corrected chi connectivity index (χ2v) is 5.98. The zero-order valence-electron chi connectivity index (χ0n) is 14.9. The van der Waals surface area contributed by atoms with E-state index in [-0.39, 0.29) is 6.54 Å². The monoisotopic (exact) mass is 361 g/mol. The Morgan fingerprint density at radius 1 is 1.00 bits per heavy atom. The third kappa shape index (κ3) is 8.45. The number of piperidine rings is 1. The quantitative estimate of drug-likeness (QED) is 0.868. The molecule has 0 saturated carbocycles. The number of hydrogen-bond acceptors (Lipinski definition) is 4. The number of alkyl halides is 3. The highest BCUT2D eigenvalue weighted by molar-refractivity contribution is 5.57. The molecule has 2 aliphatic heterocycles. The van der Waals surface area contributed by atoms with E-state index < -0.39 is 6.43 Å². The zero-order chi connectivity index (χ0) is 18.5. The number of hydrogen-bond donors (Lipinski definition) is 2. The molecule has 25 heavy (non-hydrogen) atoms. The molecule has 2 saturated heterocycles. The first-order chi connectivity index (χ1) is 12.2. The van der Waals surface area contributed by atoms with Crippen molar-refractivity contribution in [2.75, 3.05) is 57.9 Å². The number of benzene rings is 1. The minimum absolute atomic E-state index is 0.0278. The summed E-state index contributed by atoms with van der Waals surface area (Å²) < 4.78 is 33.1. The lowest BCUT2D eigenvalue weighted by atomic mass is 10.1. The Morgan fingerprint density at radius 3 is 2.16 bits per heavy atom. The van der Waals surface area contributed by atoms with E-state index >= 15 is 0 Å². The normalized spacial score (nSPS) is 18.0. The lowest BCUT2D eigenvalue weighted by molar-refractivity contribution is 0.0788. The predicted molar refractivity (Wildman–Crippen MR) is 96.5 cm³/mol. The predicted octanol–water partition coefficient (Wildman–Crippen LogP) is 3.12. The molecule has 1 aromatic rings. The number of anilines is 1. The van der Waals surface area contributed by atoms with Crippen LogP contribution in [-0.4, -0.2) is 69.4 Å². The van der Waals surface area contributed by atoms with Gasteiger partial charge in [-0.3, -0.25) is 9.29 Å². The maximum absolute atomic E-state index is 11.8. The Balaban J connectivity index is 0.000000235. The Hall–Kier alpha value is -1.47. The van der Waals surface area contributed by atoms with Gasteiger partial charge in [-0.25, -0.2) is 8.78 Å². The van der Waals surface area contributed by atoms with Crippen LogP contribution in [0.3, 0.4) is 0 Å². The molecule has 0 unspecified atom stereocenters. The molecule has 2 N–H and O–H groups in total. The first kappa shape index (κ1) is 21.6. The van der Waals surface area contributed by atoms with Gasteiger partial charge in [0.1, 0.15) is 5.75 Å². The summed E-state index contributed by atoms with van der Waals surface area (Å²) in [5.74, 6) is 0.379. The highest BCUT2D eigenvalue weighted by Gasteiger charge is 2.14. The number of rotatable bonds is 3. The number of phenols is 1. The number of halogens is 3. The van der Waals surface area contributed by atoms with Gasteiger partial charge in [0.25, 0.3) is 6.43 Å². The molecular weight excluding hydrogens is 331 g/mol. The Bertz CT molecular complexity index is 451. The Kier molecular flexibility index (Phi) is 11.1. The maximum atomic E-state index is 11.8. The molecule has 0 aliphatic carbocycles. The van der Waals surface area contributed by atoms with Crippen molar-refractivity contribution in [3.8, 4) is 5.75 Å². The summed E-state index contributed by atoms with van der Waals surface area (Å²) in [7, 11) is 0.500. The van der Waals surface area contributed by atoms with E-state index in [0.29, 0.717) is 12.9 Å². The minimum Gasteiger partial charge on any atom is -0.506 e. The van der Waals surface area contributed by atoms with Gasteiger partial charge in [0.15, 0.2) is 0 Å². The van der Waals surface area contributed by atoms with Crippen LogP contribution in [0.2, 0.25) is 0 Å². The van der Waals surface area contributed by atoms with Crippen molar-refractivity contribution in [3.63, 3.8) is 0 Å². The van der Waals surface area contributed by atoms with Gasteiger partial charge in [-0.05, 0) is 38.1 Å². The van der Waals surface area contributed by atoms with Gasteiger partial charge in [0.2, 0.25) is 0 Å². The molecule has 0 atom stereocenters. The van der Waals surface area contributed by atoms with E-state index in [1.165, 1.54) is 6.42 Å². The van der Waals surface area contributed by atoms with E-state index in [0.717, 1.165) is 57.8 Å². The average Bonchev–Trinajstić information content (AvgIpc) is 2.65. The number of para-hydroxylation sites is 2. The van der Waals surface area contributed by atoms with Gasteiger partial charge in [-0.1, -0.05) is 18.6 Å². The standard InChI is InChI=1S/C10H14N2O.C7H13F2N.CH3F/c13-10-4-2-1-3-9(10)12-7-5-11-6-8-12;8-7(9)6-10-4-2-1-3-5-10;1-2/h1-4,11,13H,5-8H2;7H,1-6H2;1H3. The largest absolute Gasteiger partial charge is 0.506 e. The number of nitrogens with one attached hydrogen (secondary N) is 1. The lowest BCUT2D eigenvalue weighted by Gasteiger charge is -2.29. The van der Waals surface area contributed by atoms with Crippen molar-refractivity contribution < 1.29 is 18.3 Å². The van der Waals surface area contributed by atoms with Crippen LogP contribution >= 0.6 is 0 Å². The molecule has 1 aromatic carbocycles. The smallest absolute Gasteiger partial charge is 0.251 e. The van der Waals surface area contributed by atoms with E-state index in [1.54, 1.807) is 6.07 Å². The van der Waals surface area contributed by atoms with Crippen molar-refractivity contribution in [1.29, 1.82) is 0 Å². The van der Waals surface area contributed by atoms with Crippen LogP contribution in [0.4, 0.5) is 18.9 Å². The van der Waals surface area contributed by atoms with Crippen molar-refractivity contribution in [2.24, 2.45) is 0 Å². The molecule has 0 aromatic heterocycles.